The zero-order valence-corrected chi connectivity index (χ0v) is 6.17. The highest BCUT2D eigenvalue weighted by Gasteiger charge is 1.95. The molecule has 0 aliphatic carbocycles. The second-order valence-corrected chi connectivity index (χ2v) is 1.44. The number of methoxy groups -OCH3 is 1. The fourth-order valence-corrected chi connectivity index (χ4v) is 0.0510. The van der Waals surface area contributed by atoms with E-state index in [1.165, 1.54) is 0 Å². The van der Waals surface area contributed by atoms with E-state index in [4.69, 9.17) is 22.9 Å². The quantitative estimate of drug-likeness (QED) is 0.539. The summed E-state index contributed by atoms with van der Waals surface area (Å²) in [5.41, 5.74) is -2.41. The van der Waals surface area contributed by atoms with Gasteiger partial charge in [0, 0.05) is 19.4 Å². The lowest BCUT2D eigenvalue weighted by Crippen LogP contribution is -1.98. The van der Waals surface area contributed by atoms with Crippen LogP contribution in [-0.2, 0) is 14.3 Å². The van der Waals surface area contributed by atoms with Crippen molar-refractivity contribution in [3.8, 4) is 0 Å². The number of ether oxygens (including phenoxy) is 1. The molecule has 0 amide bonds. The Labute approximate surface area is 95.8 Å². The molecule has 74 valence electrons. The summed E-state index contributed by atoms with van der Waals surface area (Å²) in [6.45, 7) is -8.40. The molecule has 0 saturated heterocycles. The summed E-state index contributed by atoms with van der Waals surface area (Å²) >= 11 is 0. The van der Waals surface area contributed by atoms with E-state index in [1.54, 1.807) is 0 Å². The van der Waals surface area contributed by atoms with Crippen LogP contribution in [0.25, 0.3) is 0 Å². The predicted octanol–water partition coefficient (Wildman–Crippen LogP) is 1.38. The number of carbonyl (C=O) groups excluding carboxylic acids is 1. The van der Waals surface area contributed by atoms with Crippen LogP contribution in [-0.4, -0.2) is 24.1 Å². The summed E-state index contributed by atoms with van der Waals surface area (Å²) in [7, 11) is -3.09. The summed E-state index contributed by atoms with van der Waals surface area (Å²) in [6, 6.07) is 0. The molecule has 0 aliphatic rings. The first-order chi connectivity index (χ1) is 11.2. The van der Waals surface area contributed by atoms with Crippen molar-refractivity contribution >= 4 is 11.9 Å². The molecule has 13 heavy (non-hydrogen) atoms. The van der Waals surface area contributed by atoms with Gasteiger partial charge in [0.2, 0.25) is 0 Å². The molecule has 0 aromatic rings. The van der Waals surface area contributed by atoms with E-state index in [1.807, 2.05) is 0 Å². The topological polar surface area (TPSA) is 63.6 Å². The second-order valence-electron chi connectivity index (χ2n) is 1.44. The van der Waals surface area contributed by atoms with Crippen molar-refractivity contribution in [2.75, 3.05) is 7.04 Å². The van der Waals surface area contributed by atoms with Crippen LogP contribution < -0.4 is 0 Å². The summed E-state index contributed by atoms with van der Waals surface area (Å²) in [6.07, 6.45) is 0. The lowest BCUT2D eigenvalue weighted by Gasteiger charge is -1.91. The Bertz CT molecular complexity index is 584. The summed E-state index contributed by atoms with van der Waals surface area (Å²) in [5.74, 6) is -3.44. The standard InChI is InChI=1S/C5H8O2.C4H6O2/c1-4(2)5(6)7-3;1-3(2)4(5)6/h1H2,2-3H3;1H2,2H3,(H,5,6)/i1D2,2D3,3D3;1D2,2D3. The number of rotatable bonds is 2. The average Bonchev–Trinajstić information content (AvgIpc) is 2.18. The molecule has 0 aromatic heterocycles. The molecule has 0 atom stereocenters. The van der Waals surface area contributed by atoms with Gasteiger partial charge >= 0.3 is 11.9 Å². The smallest absolute Gasteiger partial charge is 0.332 e. The lowest BCUT2D eigenvalue weighted by atomic mass is 10.4. The van der Waals surface area contributed by atoms with Crippen LogP contribution in [0.1, 0.15) is 31.5 Å². The van der Waals surface area contributed by atoms with Crippen molar-refractivity contribution in [1.29, 1.82) is 0 Å². The highest BCUT2D eigenvalue weighted by Crippen LogP contribution is 1.87. The maximum absolute atomic E-state index is 11.0. The molecule has 0 aliphatic heterocycles. The van der Waals surface area contributed by atoms with Gasteiger partial charge in [0.1, 0.15) is 0 Å². The molecule has 0 unspecified atom stereocenters. The number of carboxylic acids is 1. The van der Waals surface area contributed by atoms with Crippen LogP contribution in [0.15, 0.2) is 24.2 Å². The van der Waals surface area contributed by atoms with Crippen LogP contribution in [0, 0.1) is 0 Å². The molecule has 0 rings (SSSR count). The molecule has 1 N–H and O–H groups in total. The van der Waals surface area contributed by atoms with Gasteiger partial charge in [0.15, 0.2) is 0 Å². The number of hydrogen-bond acceptors (Lipinski definition) is 3. The number of carboxylic acid groups (broad SMARTS) is 1. The third kappa shape index (κ3) is 10.4. The van der Waals surface area contributed by atoms with Crippen LogP contribution in [0.4, 0.5) is 0 Å². The van der Waals surface area contributed by atoms with E-state index in [9.17, 15) is 9.59 Å². The van der Waals surface area contributed by atoms with Gasteiger partial charge in [-0.3, -0.25) is 0 Å². The van der Waals surface area contributed by atoms with Crippen LogP contribution in [0.3, 0.4) is 0 Å². The monoisotopic (exact) mass is 199 g/mol. The van der Waals surface area contributed by atoms with Crippen molar-refractivity contribution in [1.82, 2.24) is 0 Å². The largest absolute Gasteiger partial charge is 0.478 e. The van der Waals surface area contributed by atoms with Crippen molar-refractivity contribution < 1.29 is 37.3 Å². The first-order valence-corrected chi connectivity index (χ1v) is 2.54. The Morgan fingerprint density at radius 1 is 1.38 bits per heavy atom. The van der Waals surface area contributed by atoms with E-state index < -0.39 is 56.9 Å². The summed E-state index contributed by atoms with van der Waals surface area (Å²) < 4.78 is 90.2. The zero-order valence-electron chi connectivity index (χ0n) is 19.2. The first kappa shape index (κ1) is 2.47. The molecular weight excluding hydrogens is 172 g/mol. The molecule has 0 aromatic carbocycles. The first-order valence-electron chi connectivity index (χ1n) is 9.04. The van der Waals surface area contributed by atoms with E-state index in [0.29, 0.717) is 0 Å². The maximum atomic E-state index is 11.0. The molecular formula is C9H14O4. The Morgan fingerprint density at radius 3 is 2.23 bits per heavy atom. The van der Waals surface area contributed by atoms with Crippen molar-refractivity contribution in [2.45, 2.75) is 13.7 Å². The highest BCUT2D eigenvalue weighted by molar-refractivity contribution is 5.86. The number of aliphatic carboxylic acids is 1. The SMILES string of the molecule is [2H]C([2H])=C(C(=O)O)C([2H])([2H])[2H].[2H]C([2H])=C(C(=O)OC([2H])([2H])[2H])C([2H])([2H])[2H]. The molecule has 0 spiro atoms. The summed E-state index contributed by atoms with van der Waals surface area (Å²) in [5, 5.41) is 8.22. The average molecular weight is 199 g/mol. The van der Waals surface area contributed by atoms with E-state index >= 15 is 0 Å². The van der Waals surface area contributed by atoms with Gasteiger partial charge in [-0.15, -0.1) is 0 Å². The second kappa shape index (κ2) is 7.09. The number of hydrogen-bond donors (Lipinski definition) is 1. The molecule has 0 fully saturated rings. The Kier molecular flexibility index (Phi) is 1.35. The third-order valence-electron chi connectivity index (χ3n) is 0.511. The van der Waals surface area contributed by atoms with Crippen molar-refractivity contribution in [2.24, 2.45) is 0 Å². The fraction of sp³-hybridized carbons (Fsp3) is 0.333. The third-order valence-corrected chi connectivity index (χ3v) is 0.511. The van der Waals surface area contributed by atoms with Gasteiger partial charge in [0.05, 0.1) is 16.6 Å². The summed E-state index contributed by atoms with van der Waals surface area (Å²) in [4.78, 5) is 21.1. The predicted molar refractivity (Wildman–Crippen MR) is 49.3 cm³/mol. The highest BCUT2D eigenvalue weighted by atomic mass is 16.5. The Hall–Kier alpha value is -1.58. The Morgan fingerprint density at radius 2 is 2.00 bits per heavy atom. The van der Waals surface area contributed by atoms with Gasteiger partial charge < -0.3 is 9.84 Å². The normalized spacial score (nSPS) is 24.5. The van der Waals surface area contributed by atoms with E-state index in [-0.39, 0.29) is 0 Å². The molecule has 4 heteroatoms. The minimum absolute atomic E-state index is 1.16. The minimum atomic E-state index is -3.09. The molecule has 0 radical (unpaired) electrons. The van der Waals surface area contributed by atoms with Gasteiger partial charge in [-0.1, -0.05) is 13.1 Å². The fourth-order valence-electron chi connectivity index (χ4n) is 0.0510. The van der Waals surface area contributed by atoms with E-state index in [0.717, 1.165) is 0 Å². The lowest BCUT2D eigenvalue weighted by molar-refractivity contribution is -0.136. The van der Waals surface area contributed by atoms with Crippen molar-refractivity contribution in [3.63, 3.8) is 0 Å². The van der Waals surface area contributed by atoms with Crippen molar-refractivity contribution in [3.05, 3.63) is 24.2 Å². The van der Waals surface area contributed by atoms with Gasteiger partial charge in [0.25, 0.3) is 0 Å². The number of carbonyl (C=O) groups is 2. The van der Waals surface area contributed by atoms with E-state index in [2.05, 4.69) is 4.74 Å². The van der Waals surface area contributed by atoms with Gasteiger partial charge in [-0.05, 0) is 13.7 Å². The number of esters is 1. The van der Waals surface area contributed by atoms with Crippen LogP contribution in [0.5, 0.6) is 0 Å². The van der Waals surface area contributed by atoms with Crippen LogP contribution in [0.2, 0.25) is 0 Å². The Balaban J connectivity index is 0. The molecule has 0 bridgehead atoms. The molecule has 4 nitrogen and oxygen atoms in total. The van der Waals surface area contributed by atoms with Crippen LogP contribution >= 0.6 is 0 Å². The van der Waals surface area contributed by atoms with Gasteiger partial charge in [-0.25, -0.2) is 9.59 Å². The maximum Gasteiger partial charge on any atom is 0.332 e. The minimum Gasteiger partial charge on any atom is -0.478 e. The molecule has 0 heterocycles. The van der Waals surface area contributed by atoms with Gasteiger partial charge in [-0.2, -0.15) is 0 Å². The zero-order chi connectivity index (χ0) is 21.7. The molecule has 0 saturated carbocycles.